The average Bonchev–Trinajstić information content (AvgIpc) is 3.42. The fourth-order valence-corrected chi connectivity index (χ4v) is 4.16. The lowest BCUT2D eigenvalue weighted by atomic mass is 10.0. The van der Waals surface area contributed by atoms with Gasteiger partial charge in [0.2, 0.25) is 12.7 Å². The van der Waals surface area contributed by atoms with E-state index < -0.39 is 18.2 Å². The number of aliphatic hydroxyl groups is 1. The molecule has 0 spiro atoms. The van der Waals surface area contributed by atoms with Crippen LogP contribution in [0.15, 0.2) is 84.9 Å². The second kappa shape index (κ2) is 11.8. The second-order valence-corrected chi connectivity index (χ2v) is 8.89. The van der Waals surface area contributed by atoms with Gasteiger partial charge in [0.15, 0.2) is 11.5 Å². The van der Waals surface area contributed by atoms with Crippen LogP contribution in [0.1, 0.15) is 22.3 Å². The minimum Gasteiger partial charge on any atom is -0.457 e. The molecule has 3 atom stereocenters. The number of carbonyl (C=O) groups is 2. The van der Waals surface area contributed by atoms with Gasteiger partial charge in [-0.2, -0.15) is 0 Å². The van der Waals surface area contributed by atoms with Crippen molar-refractivity contribution in [3.63, 3.8) is 0 Å². The van der Waals surface area contributed by atoms with Gasteiger partial charge in [0.1, 0.15) is 17.6 Å². The van der Waals surface area contributed by atoms with Crippen molar-refractivity contribution in [3.8, 4) is 23.0 Å². The molecule has 9 heteroatoms. The van der Waals surface area contributed by atoms with Gasteiger partial charge in [-0.3, -0.25) is 9.59 Å². The molecule has 0 aliphatic carbocycles. The van der Waals surface area contributed by atoms with Crippen molar-refractivity contribution in [1.29, 1.82) is 0 Å². The van der Waals surface area contributed by atoms with E-state index in [4.69, 9.17) is 18.9 Å². The van der Waals surface area contributed by atoms with Gasteiger partial charge in [-0.05, 0) is 48.0 Å². The summed E-state index contributed by atoms with van der Waals surface area (Å²) in [6.07, 6.45) is 2.36. The molecule has 3 aromatic rings. The molecular weight excluding hydrogens is 488 g/mol. The fraction of sp³-hybridized carbons (Fsp3) is 0.241. The summed E-state index contributed by atoms with van der Waals surface area (Å²) < 4.78 is 22.3. The number of nitrogens with one attached hydrogen (secondary N) is 2. The van der Waals surface area contributed by atoms with Crippen LogP contribution in [0.5, 0.6) is 23.0 Å². The standard InChI is InChI=1S/C29H28N2O7/c32-17-27-24(31-29(34)20-8-13-25-26(14-20)36-18-35-25)12-11-23(38-27)15-28(33)30-16-19-6-9-22(10-7-19)37-21-4-2-1-3-5-21/h1-14,23-24,27,32H,15-18H2,(H,30,33)(H,31,34)/t23-,24+,27-/m0/s1. The summed E-state index contributed by atoms with van der Waals surface area (Å²) >= 11 is 0. The van der Waals surface area contributed by atoms with Gasteiger partial charge in [-0.25, -0.2) is 0 Å². The molecule has 3 aromatic carbocycles. The van der Waals surface area contributed by atoms with Crippen LogP contribution >= 0.6 is 0 Å². The van der Waals surface area contributed by atoms with Crippen molar-refractivity contribution in [2.75, 3.05) is 13.4 Å². The van der Waals surface area contributed by atoms with Crippen LogP contribution < -0.4 is 24.8 Å². The van der Waals surface area contributed by atoms with Gasteiger partial charge in [-0.1, -0.05) is 42.5 Å². The summed E-state index contributed by atoms with van der Waals surface area (Å²) in [5.41, 5.74) is 1.33. The minimum atomic E-state index is -0.687. The van der Waals surface area contributed by atoms with Gasteiger partial charge in [-0.15, -0.1) is 0 Å². The quantitative estimate of drug-likeness (QED) is 0.374. The smallest absolute Gasteiger partial charge is 0.251 e. The summed E-state index contributed by atoms with van der Waals surface area (Å²) in [7, 11) is 0. The van der Waals surface area contributed by atoms with Gasteiger partial charge in [0.25, 0.3) is 5.91 Å². The Labute approximate surface area is 220 Å². The Morgan fingerprint density at radius 3 is 2.47 bits per heavy atom. The zero-order chi connectivity index (χ0) is 26.3. The van der Waals surface area contributed by atoms with Crippen LogP contribution in [0.4, 0.5) is 0 Å². The Morgan fingerprint density at radius 2 is 1.68 bits per heavy atom. The molecule has 196 valence electrons. The Hall–Kier alpha value is -4.34. The highest BCUT2D eigenvalue weighted by Crippen LogP contribution is 2.32. The van der Waals surface area contributed by atoms with Crippen LogP contribution in [0.25, 0.3) is 0 Å². The number of fused-ring (bicyclic) bond motifs is 1. The minimum absolute atomic E-state index is 0.0883. The van der Waals surface area contributed by atoms with Crippen LogP contribution in [0.3, 0.4) is 0 Å². The highest BCUT2D eigenvalue weighted by Gasteiger charge is 2.29. The third kappa shape index (κ3) is 6.31. The Balaban J connectivity index is 1.09. The zero-order valence-corrected chi connectivity index (χ0v) is 20.5. The second-order valence-electron chi connectivity index (χ2n) is 8.89. The summed E-state index contributed by atoms with van der Waals surface area (Å²) in [4.78, 5) is 25.2. The lowest BCUT2D eigenvalue weighted by Crippen LogP contribution is -2.49. The van der Waals surface area contributed by atoms with Crippen molar-refractivity contribution in [1.82, 2.24) is 10.6 Å². The summed E-state index contributed by atoms with van der Waals surface area (Å²) in [6, 6.07) is 21.4. The molecule has 2 heterocycles. The molecular formula is C29H28N2O7. The van der Waals surface area contributed by atoms with Gasteiger partial charge in [0.05, 0.1) is 25.2 Å². The van der Waals surface area contributed by atoms with Crippen LogP contribution in [0.2, 0.25) is 0 Å². The number of benzene rings is 3. The van der Waals surface area contributed by atoms with Crippen LogP contribution in [-0.2, 0) is 16.1 Å². The molecule has 0 saturated heterocycles. The third-order valence-corrected chi connectivity index (χ3v) is 6.17. The first-order valence-corrected chi connectivity index (χ1v) is 12.3. The highest BCUT2D eigenvalue weighted by molar-refractivity contribution is 5.95. The monoisotopic (exact) mass is 516 g/mol. The zero-order valence-electron chi connectivity index (χ0n) is 20.5. The van der Waals surface area contributed by atoms with E-state index in [-0.39, 0.29) is 31.6 Å². The van der Waals surface area contributed by atoms with E-state index >= 15 is 0 Å². The van der Waals surface area contributed by atoms with Crippen molar-refractivity contribution in [2.45, 2.75) is 31.2 Å². The predicted octanol–water partition coefficient (Wildman–Crippen LogP) is 3.33. The molecule has 2 aliphatic rings. The lowest BCUT2D eigenvalue weighted by molar-refractivity contribution is -0.125. The summed E-state index contributed by atoms with van der Waals surface area (Å²) in [5.74, 6) is 2.03. The Bertz CT molecular complexity index is 1290. The lowest BCUT2D eigenvalue weighted by Gasteiger charge is -2.31. The molecule has 2 amide bonds. The van der Waals surface area contributed by atoms with Gasteiger partial charge < -0.3 is 34.7 Å². The molecule has 0 saturated carbocycles. The summed E-state index contributed by atoms with van der Waals surface area (Å²) in [6.45, 7) is 0.168. The van der Waals surface area contributed by atoms with E-state index in [1.807, 2.05) is 54.6 Å². The van der Waals surface area contributed by atoms with Crippen molar-refractivity contribution < 1.29 is 33.6 Å². The molecule has 38 heavy (non-hydrogen) atoms. The van der Waals surface area contributed by atoms with E-state index in [1.54, 1.807) is 30.4 Å². The van der Waals surface area contributed by atoms with E-state index in [0.29, 0.717) is 29.4 Å². The molecule has 3 N–H and O–H groups in total. The number of rotatable bonds is 9. The number of amides is 2. The molecule has 0 aromatic heterocycles. The molecule has 0 fully saturated rings. The van der Waals surface area contributed by atoms with Crippen molar-refractivity contribution in [2.24, 2.45) is 0 Å². The molecule has 9 nitrogen and oxygen atoms in total. The maximum Gasteiger partial charge on any atom is 0.251 e. The van der Waals surface area contributed by atoms with Gasteiger partial charge in [0, 0.05) is 12.1 Å². The maximum atomic E-state index is 12.7. The Morgan fingerprint density at radius 1 is 0.921 bits per heavy atom. The number of aliphatic hydroxyl groups excluding tert-OH is 1. The first-order chi connectivity index (χ1) is 18.6. The molecule has 0 unspecified atom stereocenters. The first kappa shape index (κ1) is 25.3. The van der Waals surface area contributed by atoms with E-state index in [9.17, 15) is 14.7 Å². The number of carbonyl (C=O) groups excluding carboxylic acids is 2. The van der Waals surface area contributed by atoms with Crippen LogP contribution in [0, 0.1) is 0 Å². The SMILES string of the molecule is O=C(C[C@@H]1C=C[C@@H](NC(=O)c2ccc3c(c2)OCO3)[C@H](CO)O1)NCc1ccc(Oc2ccccc2)cc1. The number of hydrogen-bond acceptors (Lipinski definition) is 7. The number of ether oxygens (including phenoxy) is 4. The van der Waals surface area contributed by atoms with Gasteiger partial charge >= 0.3 is 0 Å². The maximum absolute atomic E-state index is 12.7. The number of hydrogen-bond donors (Lipinski definition) is 3. The third-order valence-electron chi connectivity index (χ3n) is 6.17. The summed E-state index contributed by atoms with van der Waals surface area (Å²) in [5, 5.41) is 15.6. The largest absolute Gasteiger partial charge is 0.457 e. The average molecular weight is 517 g/mol. The topological polar surface area (TPSA) is 115 Å². The van der Waals surface area contributed by atoms with Crippen molar-refractivity contribution in [3.05, 3.63) is 96.1 Å². The molecule has 0 radical (unpaired) electrons. The number of para-hydroxylation sites is 1. The molecule has 5 rings (SSSR count). The van der Waals surface area contributed by atoms with E-state index in [0.717, 1.165) is 11.3 Å². The molecule has 0 bridgehead atoms. The highest BCUT2D eigenvalue weighted by atomic mass is 16.7. The predicted molar refractivity (Wildman–Crippen MR) is 138 cm³/mol. The normalized spacial score (nSPS) is 19.6. The van der Waals surface area contributed by atoms with Crippen molar-refractivity contribution >= 4 is 11.8 Å². The fourth-order valence-electron chi connectivity index (χ4n) is 4.16. The van der Waals surface area contributed by atoms with E-state index in [1.165, 1.54) is 0 Å². The first-order valence-electron chi connectivity index (χ1n) is 12.3. The van der Waals surface area contributed by atoms with E-state index in [2.05, 4.69) is 10.6 Å². The van der Waals surface area contributed by atoms with Crippen LogP contribution in [-0.4, -0.2) is 48.6 Å². The molecule has 2 aliphatic heterocycles. The Kier molecular flexibility index (Phi) is 7.86.